The molecule has 2 heterocycles. The Morgan fingerprint density at radius 3 is 1.88 bits per heavy atom. The topological polar surface area (TPSA) is 18.1 Å². The van der Waals surface area contributed by atoms with Crippen LogP contribution in [0.3, 0.4) is 0 Å². The van der Waals surface area contributed by atoms with Crippen LogP contribution in [0.25, 0.3) is 71.0 Å². The first-order valence-corrected chi connectivity index (χ1v) is 11.6. The molecule has 8 aromatic rings. The molecule has 0 fully saturated rings. The number of rotatable bonds is 1. The Morgan fingerprint density at radius 1 is 0.412 bits per heavy atom. The molecule has 0 saturated carbocycles. The van der Waals surface area contributed by atoms with Crippen LogP contribution >= 0.6 is 0 Å². The van der Waals surface area contributed by atoms with Crippen molar-refractivity contribution in [2.24, 2.45) is 0 Å². The molecule has 0 amide bonds. The van der Waals surface area contributed by atoms with Gasteiger partial charge in [-0.25, -0.2) is 0 Å². The van der Waals surface area contributed by atoms with E-state index in [1.807, 2.05) is 6.07 Å². The molecule has 0 atom stereocenters. The van der Waals surface area contributed by atoms with Gasteiger partial charge in [0, 0.05) is 38.0 Å². The molecule has 0 radical (unpaired) electrons. The lowest BCUT2D eigenvalue weighted by Gasteiger charge is -2.13. The number of nitrogens with zero attached hydrogens (tertiary/aromatic N) is 1. The van der Waals surface area contributed by atoms with Gasteiger partial charge in [0.05, 0.1) is 11.0 Å². The fourth-order valence-corrected chi connectivity index (χ4v) is 5.83. The number of benzene rings is 6. The Labute approximate surface area is 195 Å². The van der Waals surface area contributed by atoms with Crippen molar-refractivity contribution in [2.45, 2.75) is 0 Å². The summed E-state index contributed by atoms with van der Waals surface area (Å²) >= 11 is 0. The quantitative estimate of drug-likeness (QED) is 0.236. The van der Waals surface area contributed by atoms with Crippen molar-refractivity contribution in [1.29, 1.82) is 0 Å². The third kappa shape index (κ3) is 2.20. The van der Waals surface area contributed by atoms with Crippen molar-refractivity contribution < 1.29 is 4.42 Å². The lowest BCUT2D eigenvalue weighted by Crippen LogP contribution is -1.94. The van der Waals surface area contributed by atoms with Crippen LogP contribution < -0.4 is 0 Å². The normalized spacial score (nSPS) is 12.1. The molecule has 0 N–H and O–H groups in total. The molecule has 0 spiro atoms. The third-order valence-corrected chi connectivity index (χ3v) is 7.15. The summed E-state index contributed by atoms with van der Waals surface area (Å²) in [6.45, 7) is 0. The minimum absolute atomic E-state index is 0.929. The van der Waals surface area contributed by atoms with Crippen LogP contribution in [0.5, 0.6) is 0 Å². The van der Waals surface area contributed by atoms with Gasteiger partial charge in [-0.1, -0.05) is 78.9 Å². The number of hydrogen-bond acceptors (Lipinski definition) is 1. The van der Waals surface area contributed by atoms with E-state index in [1.54, 1.807) is 0 Å². The first-order chi connectivity index (χ1) is 16.9. The summed E-state index contributed by atoms with van der Waals surface area (Å²) in [6.07, 6.45) is 0. The number of fused-ring (bicyclic) bond motifs is 12. The summed E-state index contributed by atoms with van der Waals surface area (Å²) in [5.41, 5.74) is 5.49. The van der Waals surface area contributed by atoms with E-state index in [4.69, 9.17) is 4.42 Å². The van der Waals surface area contributed by atoms with E-state index in [-0.39, 0.29) is 0 Å². The molecule has 8 rings (SSSR count). The second kappa shape index (κ2) is 6.49. The maximum Gasteiger partial charge on any atom is 0.136 e. The zero-order valence-electron chi connectivity index (χ0n) is 18.3. The molecule has 2 aromatic heterocycles. The number of para-hydroxylation sites is 3. The molecule has 0 aliphatic carbocycles. The molecule has 158 valence electrons. The summed E-state index contributed by atoms with van der Waals surface area (Å²) in [6, 6.07) is 41.0. The zero-order valence-corrected chi connectivity index (χ0v) is 18.3. The lowest BCUT2D eigenvalue weighted by atomic mass is 9.94. The highest BCUT2D eigenvalue weighted by molar-refractivity contribution is 6.37. The van der Waals surface area contributed by atoms with Gasteiger partial charge < -0.3 is 8.98 Å². The molecule has 0 aliphatic rings. The average molecular weight is 434 g/mol. The van der Waals surface area contributed by atoms with Crippen LogP contribution in [0, 0.1) is 0 Å². The van der Waals surface area contributed by atoms with Crippen molar-refractivity contribution in [3.05, 3.63) is 115 Å². The first kappa shape index (κ1) is 17.9. The second-order valence-electron chi connectivity index (χ2n) is 8.92. The summed E-state index contributed by atoms with van der Waals surface area (Å²) in [7, 11) is 0. The Balaban J connectivity index is 1.76. The van der Waals surface area contributed by atoms with Crippen LogP contribution in [-0.2, 0) is 0 Å². The molecular weight excluding hydrogens is 414 g/mol. The zero-order chi connectivity index (χ0) is 22.2. The van der Waals surface area contributed by atoms with E-state index in [9.17, 15) is 0 Å². The molecule has 0 aliphatic heterocycles. The van der Waals surface area contributed by atoms with Gasteiger partial charge in [0.15, 0.2) is 0 Å². The molecule has 2 heteroatoms. The smallest absolute Gasteiger partial charge is 0.136 e. The van der Waals surface area contributed by atoms with E-state index in [2.05, 4.69) is 114 Å². The Bertz CT molecular complexity index is 2060. The van der Waals surface area contributed by atoms with E-state index in [0.29, 0.717) is 0 Å². The maximum absolute atomic E-state index is 6.29. The summed E-state index contributed by atoms with van der Waals surface area (Å²) in [4.78, 5) is 0. The van der Waals surface area contributed by atoms with Gasteiger partial charge in [-0.2, -0.15) is 0 Å². The molecule has 34 heavy (non-hydrogen) atoms. The molecule has 2 nitrogen and oxygen atoms in total. The van der Waals surface area contributed by atoms with Gasteiger partial charge in [-0.3, -0.25) is 0 Å². The SMILES string of the molecule is c1ccc(-n2c3ccccc3c3c4ccccc4c4c(ccc5oc6ccccc6c54)c32)cc1. The molecule has 0 bridgehead atoms. The van der Waals surface area contributed by atoms with Crippen molar-refractivity contribution in [3.63, 3.8) is 0 Å². The van der Waals surface area contributed by atoms with E-state index >= 15 is 0 Å². The minimum atomic E-state index is 0.929. The average Bonchev–Trinajstić information content (AvgIpc) is 3.45. The predicted molar refractivity (Wildman–Crippen MR) is 143 cm³/mol. The predicted octanol–water partition coefficient (Wildman–Crippen LogP) is 8.99. The van der Waals surface area contributed by atoms with Gasteiger partial charge in [0.1, 0.15) is 11.2 Å². The lowest BCUT2D eigenvalue weighted by molar-refractivity contribution is 0.669. The molecular formula is C32H19NO. The number of hydrogen-bond donors (Lipinski definition) is 0. The van der Waals surface area contributed by atoms with Crippen molar-refractivity contribution in [1.82, 2.24) is 4.57 Å². The van der Waals surface area contributed by atoms with Crippen LogP contribution in [0.1, 0.15) is 0 Å². The Kier molecular flexibility index (Phi) is 3.42. The van der Waals surface area contributed by atoms with Crippen molar-refractivity contribution >= 4 is 65.3 Å². The summed E-state index contributed by atoms with van der Waals surface area (Å²) in [5, 5.41) is 9.96. The van der Waals surface area contributed by atoms with Gasteiger partial charge in [0.2, 0.25) is 0 Å². The van der Waals surface area contributed by atoms with Gasteiger partial charge in [0.25, 0.3) is 0 Å². The third-order valence-electron chi connectivity index (χ3n) is 7.15. The molecule has 0 unspecified atom stereocenters. The number of aromatic nitrogens is 1. The van der Waals surface area contributed by atoms with Crippen LogP contribution in [0.15, 0.2) is 120 Å². The van der Waals surface area contributed by atoms with Crippen LogP contribution in [-0.4, -0.2) is 4.57 Å². The van der Waals surface area contributed by atoms with Crippen molar-refractivity contribution in [3.8, 4) is 5.69 Å². The van der Waals surface area contributed by atoms with Gasteiger partial charge in [-0.05, 0) is 47.2 Å². The van der Waals surface area contributed by atoms with E-state index in [1.165, 1.54) is 54.4 Å². The fourth-order valence-electron chi connectivity index (χ4n) is 5.83. The monoisotopic (exact) mass is 433 g/mol. The van der Waals surface area contributed by atoms with Crippen LogP contribution in [0.4, 0.5) is 0 Å². The maximum atomic E-state index is 6.29. The minimum Gasteiger partial charge on any atom is -0.456 e. The van der Waals surface area contributed by atoms with Gasteiger partial charge >= 0.3 is 0 Å². The fraction of sp³-hybridized carbons (Fsp3) is 0. The van der Waals surface area contributed by atoms with Gasteiger partial charge in [-0.15, -0.1) is 0 Å². The highest BCUT2D eigenvalue weighted by Gasteiger charge is 2.21. The molecule has 0 saturated heterocycles. The summed E-state index contributed by atoms with van der Waals surface area (Å²) in [5.74, 6) is 0. The first-order valence-electron chi connectivity index (χ1n) is 11.6. The largest absolute Gasteiger partial charge is 0.456 e. The standard InChI is InChI=1S/C32H19NO/c1-2-10-20(11-3-1)33-26-16-8-6-14-23(26)30-22-13-5-4-12-21(22)29-25(32(30)33)18-19-28-31(29)24-15-7-9-17-27(24)34-28/h1-19H. The number of furan rings is 1. The van der Waals surface area contributed by atoms with E-state index in [0.717, 1.165) is 16.6 Å². The summed E-state index contributed by atoms with van der Waals surface area (Å²) < 4.78 is 8.71. The Hall–Kier alpha value is -4.56. The highest BCUT2D eigenvalue weighted by atomic mass is 16.3. The second-order valence-corrected chi connectivity index (χ2v) is 8.92. The van der Waals surface area contributed by atoms with Crippen molar-refractivity contribution in [2.75, 3.05) is 0 Å². The highest BCUT2D eigenvalue weighted by Crippen LogP contribution is 2.46. The Morgan fingerprint density at radius 2 is 1.06 bits per heavy atom. The van der Waals surface area contributed by atoms with Crippen LogP contribution in [0.2, 0.25) is 0 Å². The van der Waals surface area contributed by atoms with E-state index < -0.39 is 0 Å². The molecule has 6 aromatic carbocycles.